The minimum Gasteiger partial charge on any atom is -1.00 e. The van der Waals surface area contributed by atoms with Crippen molar-refractivity contribution in [2.45, 2.75) is 104 Å². The van der Waals surface area contributed by atoms with Gasteiger partial charge in [0.25, 0.3) is 0 Å². The van der Waals surface area contributed by atoms with Crippen molar-refractivity contribution in [3.05, 3.63) is 41.9 Å². The third-order valence-electron chi connectivity index (χ3n) is 6.10. The van der Waals surface area contributed by atoms with Crippen molar-refractivity contribution < 1.29 is 62.6 Å². The topological polar surface area (TPSA) is 3.24 Å². The van der Waals surface area contributed by atoms with Gasteiger partial charge in [0.15, 0.2) is 0 Å². The van der Waals surface area contributed by atoms with Crippen LogP contribution in [-0.4, -0.2) is 62.6 Å². The molecule has 0 radical (unpaired) electrons. The fraction of sp³-hybridized carbons (Fsp3) is 0.812. The second kappa shape index (κ2) is 46.1. The molecule has 3 fully saturated rings. The summed E-state index contributed by atoms with van der Waals surface area (Å²) in [5.74, 6) is 2.04. The number of hydrogen-bond acceptors (Lipinski definition) is 1. The smallest absolute Gasteiger partial charge is 1.00 e. The van der Waals surface area contributed by atoms with Gasteiger partial charge in [-0.2, -0.15) is 0 Å². The molecule has 0 atom stereocenters. The molecule has 3 saturated carbocycles. The van der Waals surface area contributed by atoms with Crippen molar-refractivity contribution in [1.29, 1.82) is 0 Å². The first-order valence-electron chi connectivity index (χ1n) is 13.2. The van der Waals surface area contributed by atoms with Crippen LogP contribution in [0.1, 0.15) is 104 Å². The maximum Gasteiger partial charge on any atom is 2.00 e. The van der Waals surface area contributed by atoms with E-state index in [1.165, 1.54) is 96.6 Å². The number of hydrogen-bond donors (Lipinski definition) is 0. The number of allylic oxidation sites excluding steroid dienone is 2. The van der Waals surface area contributed by atoms with E-state index in [4.69, 9.17) is 0 Å². The summed E-state index contributed by atoms with van der Waals surface area (Å²) in [6, 6.07) is 0. The molecule has 3 aliphatic carbocycles. The summed E-state index contributed by atoms with van der Waals surface area (Å²) < 4.78 is 1.14. The van der Waals surface area contributed by atoms with Crippen molar-refractivity contribution >= 4 is 22.6 Å². The molecular formula is C32H72Fe2I2N2. The normalized spacial score (nSPS) is 15.5. The van der Waals surface area contributed by atoms with Crippen LogP contribution >= 0.6 is 22.6 Å². The van der Waals surface area contributed by atoms with E-state index in [-0.39, 0.29) is 87.8 Å². The van der Waals surface area contributed by atoms with E-state index in [1.807, 2.05) is 11.9 Å². The Morgan fingerprint density at radius 3 is 1.21 bits per heavy atom. The van der Waals surface area contributed by atoms with Crippen LogP contribution in [0.25, 0.3) is 0 Å². The molecule has 6 heteroatoms. The Morgan fingerprint density at radius 2 is 1.00 bits per heavy atom. The van der Waals surface area contributed by atoms with E-state index in [2.05, 4.69) is 81.8 Å². The summed E-state index contributed by atoms with van der Waals surface area (Å²) in [6.07, 6.45) is 24.6. The standard InChI is InChI=1S/C9H20N.C8H17N.2C5H10.CH3I.4CH3.2Fe.HI/c1-10(2,3)8-9-6-4-5-7-9;1-9(2)7-8-5-3-4-6-8;1-2-4-5-3-1;1-3-5-4-2;1-2;;;;;;;/h9H,4-8H2,1-3H3;8H,3-7H2,1-2H3;1-5H2;3,5H,4H2,1-2H3;1H3;4*1H3;;;1H/q+1;;;;;4*-1;2*+2;/p-1. The minimum absolute atomic E-state index is 0. The molecule has 38 heavy (non-hydrogen) atoms. The van der Waals surface area contributed by atoms with Gasteiger partial charge in [0, 0.05) is 12.5 Å². The fourth-order valence-electron chi connectivity index (χ4n) is 4.80. The van der Waals surface area contributed by atoms with Crippen LogP contribution in [0.2, 0.25) is 0 Å². The van der Waals surface area contributed by atoms with Crippen LogP contribution in [0.5, 0.6) is 0 Å². The molecule has 0 aromatic carbocycles. The van der Waals surface area contributed by atoms with Gasteiger partial charge in [0.2, 0.25) is 0 Å². The predicted octanol–water partition coefficient (Wildman–Crippen LogP) is 7.40. The van der Waals surface area contributed by atoms with Crippen molar-refractivity contribution in [1.82, 2.24) is 4.90 Å². The van der Waals surface area contributed by atoms with Gasteiger partial charge in [0.1, 0.15) is 0 Å². The Bertz CT molecular complexity index is 367. The first-order chi connectivity index (χ1) is 14.8. The number of alkyl halides is 1. The van der Waals surface area contributed by atoms with Gasteiger partial charge >= 0.3 is 34.1 Å². The average molecular weight is 850 g/mol. The van der Waals surface area contributed by atoms with Crippen molar-refractivity contribution in [3.63, 3.8) is 0 Å². The molecule has 3 aliphatic rings. The zero-order chi connectivity index (χ0) is 24.0. The van der Waals surface area contributed by atoms with Gasteiger partial charge < -0.3 is 63.1 Å². The third kappa shape index (κ3) is 50.9. The van der Waals surface area contributed by atoms with Crippen LogP contribution in [0.15, 0.2) is 12.2 Å². The van der Waals surface area contributed by atoms with Gasteiger partial charge in [-0.1, -0.05) is 99.5 Å². The Hall–Kier alpha value is 2.16. The van der Waals surface area contributed by atoms with E-state index in [9.17, 15) is 0 Å². The van der Waals surface area contributed by atoms with Crippen LogP contribution in [0.4, 0.5) is 0 Å². The second-order valence-corrected chi connectivity index (χ2v) is 10.8. The summed E-state index contributed by atoms with van der Waals surface area (Å²) in [4.78, 5) is 4.27. The summed E-state index contributed by atoms with van der Waals surface area (Å²) in [5, 5.41) is 0. The molecule has 2 nitrogen and oxygen atoms in total. The predicted molar refractivity (Wildman–Crippen MR) is 179 cm³/mol. The quantitative estimate of drug-likeness (QED) is 0.0698. The van der Waals surface area contributed by atoms with Crippen LogP contribution < -0.4 is 24.0 Å². The van der Waals surface area contributed by atoms with Crippen LogP contribution in [-0.2, 0) is 34.1 Å². The van der Waals surface area contributed by atoms with Gasteiger partial charge in [0.05, 0.1) is 27.7 Å². The van der Waals surface area contributed by atoms with Crippen LogP contribution in [0, 0.1) is 41.5 Å². The molecule has 240 valence electrons. The third-order valence-corrected chi connectivity index (χ3v) is 6.10. The zero-order valence-corrected chi connectivity index (χ0v) is 34.5. The molecule has 0 unspecified atom stereocenters. The number of quaternary nitrogens is 1. The van der Waals surface area contributed by atoms with Gasteiger partial charge in [-0.05, 0) is 64.0 Å². The first kappa shape index (κ1) is 63.4. The fourth-order valence-corrected chi connectivity index (χ4v) is 4.80. The molecule has 0 N–H and O–H groups in total. The molecule has 0 saturated heterocycles. The molecule has 0 aromatic rings. The maximum atomic E-state index is 2.30. The zero-order valence-electron chi connectivity index (χ0n) is 28.0. The summed E-state index contributed by atoms with van der Waals surface area (Å²) >= 11 is 2.15. The monoisotopic (exact) mass is 850 g/mol. The molecule has 0 spiro atoms. The van der Waals surface area contributed by atoms with Gasteiger partial charge in [-0.25, -0.2) is 0 Å². The van der Waals surface area contributed by atoms with E-state index in [1.54, 1.807) is 0 Å². The molecule has 3 rings (SSSR count). The Kier molecular flexibility index (Phi) is 77.0. The molecule has 0 aromatic heterocycles. The summed E-state index contributed by atoms with van der Waals surface area (Å²) in [6.45, 7) is 6.84. The number of halogens is 2. The molecule has 0 amide bonds. The van der Waals surface area contributed by atoms with Gasteiger partial charge in [-0.15, -0.1) is 0 Å². The average Bonchev–Trinajstić information content (AvgIpc) is 3.49. The molecular weight excluding hydrogens is 778 g/mol. The van der Waals surface area contributed by atoms with E-state index < -0.39 is 0 Å². The SMILES string of the molecule is C1CCCC1.CC=CCC.CI.CN(C)CC1CCCC1.C[N+](C)(C)CC1CCCC1.[CH3-].[CH3-].[CH3-].[CH3-].[Fe+2].[Fe+2].[I-]. The van der Waals surface area contributed by atoms with Crippen molar-refractivity contribution in [2.75, 3.05) is 53.3 Å². The second-order valence-electron chi connectivity index (χ2n) is 10.8. The minimum atomic E-state index is 0. The van der Waals surface area contributed by atoms with Gasteiger partial charge in [-0.3, -0.25) is 0 Å². The van der Waals surface area contributed by atoms with Crippen molar-refractivity contribution in [2.24, 2.45) is 11.8 Å². The van der Waals surface area contributed by atoms with E-state index in [0.29, 0.717) is 0 Å². The molecule has 0 aliphatic heterocycles. The molecule has 0 heterocycles. The van der Waals surface area contributed by atoms with E-state index in [0.717, 1.165) is 22.7 Å². The maximum absolute atomic E-state index is 2.30. The van der Waals surface area contributed by atoms with E-state index >= 15 is 0 Å². The molecule has 0 bridgehead atoms. The largest absolute Gasteiger partial charge is 2.00 e. The first-order valence-corrected chi connectivity index (χ1v) is 15.4. The number of rotatable bonds is 5. The Labute approximate surface area is 298 Å². The number of nitrogens with zero attached hydrogens (tertiary/aromatic N) is 2. The van der Waals surface area contributed by atoms with Crippen LogP contribution in [0.3, 0.4) is 0 Å². The Morgan fingerprint density at radius 1 is 0.684 bits per heavy atom. The Balaban J connectivity index is -0.0000000401. The van der Waals surface area contributed by atoms with Crippen molar-refractivity contribution in [3.8, 4) is 0 Å². The summed E-state index contributed by atoms with van der Waals surface area (Å²) in [5.41, 5.74) is 0. The summed E-state index contributed by atoms with van der Waals surface area (Å²) in [7, 11) is 11.2.